The van der Waals surface area contributed by atoms with Crippen LogP contribution in [0.2, 0.25) is 0 Å². The van der Waals surface area contributed by atoms with Crippen molar-refractivity contribution in [2.45, 2.75) is 51.5 Å². The lowest BCUT2D eigenvalue weighted by Crippen LogP contribution is -2.48. The van der Waals surface area contributed by atoms with Gasteiger partial charge in [-0.05, 0) is 32.7 Å². The number of aryl methyl sites for hydroxylation is 1. The Labute approximate surface area is 107 Å². The molecule has 1 aromatic rings. The molecular weight excluding hydrogens is 232 g/mol. The lowest BCUT2D eigenvalue weighted by molar-refractivity contribution is -0.124. The summed E-state index contributed by atoms with van der Waals surface area (Å²) in [5, 5.41) is 6.39. The molecular formula is C13H20N2OS. The van der Waals surface area contributed by atoms with Crippen LogP contribution < -0.4 is 5.32 Å². The highest BCUT2D eigenvalue weighted by atomic mass is 32.1. The third-order valence-electron chi connectivity index (χ3n) is 3.43. The van der Waals surface area contributed by atoms with Gasteiger partial charge in [-0.15, -0.1) is 11.3 Å². The maximum absolute atomic E-state index is 12.4. The molecule has 1 N–H and O–H groups in total. The van der Waals surface area contributed by atoms with Crippen LogP contribution in [0.3, 0.4) is 0 Å². The second kappa shape index (κ2) is 5.27. The number of hydrogen-bond donors (Lipinski definition) is 1. The van der Waals surface area contributed by atoms with Gasteiger partial charge in [0.1, 0.15) is 5.01 Å². The van der Waals surface area contributed by atoms with Gasteiger partial charge in [0.05, 0.1) is 12.0 Å². The normalized spacial score (nSPS) is 24.1. The van der Waals surface area contributed by atoms with Gasteiger partial charge in [0.25, 0.3) is 0 Å². The monoisotopic (exact) mass is 252 g/mol. The fraction of sp³-hybridized carbons (Fsp3) is 0.692. The largest absolute Gasteiger partial charge is 0.305 e. The van der Waals surface area contributed by atoms with E-state index in [1.807, 2.05) is 12.3 Å². The number of thiazole rings is 1. The average molecular weight is 252 g/mol. The van der Waals surface area contributed by atoms with E-state index in [1.54, 1.807) is 11.3 Å². The zero-order valence-corrected chi connectivity index (χ0v) is 11.4. The van der Waals surface area contributed by atoms with Gasteiger partial charge in [0, 0.05) is 11.1 Å². The highest BCUT2D eigenvalue weighted by molar-refractivity contribution is 7.09. The van der Waals surface area contributed by atoms with E-state index in [9.17, 15) is 4.79 Å². The van der Waals surface area contributed by atoms with Gasteiger partial charge in [-0.25, -0.2) is 4.98 Å². The zero-order valence-electron chi connectivity index (χ0n) is 10.6. The summed E-state index contributed by atoms with van der Waals surface area (Å²) >= 11 is 1.59. The van der Waals surface area contributed by atoms with E-state index in [0.717, 1.165) is 42.9 Å². The minimum Gasteiger partial charge on any atom is -0.305 e. The first kappa shape index (κ1) is 12.7. The highest BCUT2D eigenvalue weighted by Gasteiger charge is 2.39. The predicted octanol–water partition coefficient (Wildman–Crippen LogP) is 2.49. The van der Waals surface area contributed by atoms with Crippen LogP contribution in [0.1, 0.15) is 43.3 Å². The van der Waals surface area contributed by atoms with Crippen LogP contribution in [-0.2, 0) is 11.2 Å². The first-order valence-electron chi connectivity index (χ1n) is 6.35. The van der Waals surface area contributed by atoms with Gasteiger partial charge >= 0.3 is 0 Å². The van der Waals surface area contributed by atoms with Crippen LogP contribution in [-0.4, -0.2) is 22.9 Å². The van der Waals surface area contributed by atoms with Gasteiger partial charge in [-0.3, -0.25) is 4.79 Å². The van der Waals surface area contributed by atoms with E-state index in [4.69, 9.17) is 0 Å². The molecule has 94 valence electrons. The molecule has 1 unspecified atom stereocenters. The van der Waals surface area contributed by atoms with Gasteiger partial charge in [0.15, 0.2) is 5.78 Å². The maximum atomic E-state index is 12.4. The number of carbonyl (C=O) groups excluding carboxylic acids is 1. The van der Waals surface area contributed by atoms with E-state index in [0.29, 0.717) is 12.2 Å². The van der Waals surface area contributed by atoms with E-state index < -0.39 is 0 Å². The zero-order chi connectivity index (χ0) is 12.3. The maximum Gasteiger partial charge on any atom is 0.159 e. The first-order chi connectivity index (χ1) is 8.16. The van der Waals surface area contributed by atoms with Crippen molar-refractivity contribution in [3.63, 3.8) is 0 Å². The van der Waals surface area contributed by atoms with Crippen LogP contribution in [0.25, 0.3) is 0 Å². The van der Waals surface area contributed by atoms with Crippen molar-refractivity contribution in [2.75, 3.05) is 6.54 Å². The fourth-order valence-corrected chi connectivity index (χ4v) is 3.38. The molecule has 0 saturated carbocycles. The van der Waals surface area contributed by atoms with Crippen molar-refractivity contribution in [2.24, 2.45) is 0 Å². The van der Waals surface area contributed by atoms with Crippen LogP contribution in [0.4, 0.5) is 0 Å². The quantitative estimate of drug-likeness (QED) is 0.875. The summed E-state index contributed by atoms with van der Waals surface area (Å²) in [5.41, 5.74) is 0.760. The smallest absolute Gasteiger partial charge is 0.159 e. The van der Waals surface area contributed by atoms with Gasteiger partial charge < -0.3 is 5.32 Å². The van der Waals surface area contributed by atoms with Crippen molar-refractivity contribution >= 4 is 17.1 Å². The molecule has 2 heterocycles. The third-order valence-corrected chi connectivity index (χ3v) is 4.40. The van der Waals surface area contributed by atoms with Crippen molar-refractivity contribution in [1.82, 2.24) is 10.3 Å². The second-order valence-electron chi connectivity index (χ2n) is 4.85. The molecule has 1 atom stereocenters. The molecule has 1 aliphatic rings. The lowest BCUT2D eigenvalue weighted by atomic mass is 9.86. The van der Waals surface area contributed by atoms with E-state index in [2.05, 4.69) is 17.2 Å². The van der Waals surface area contributed by atoms with E-state index in [1.165, 1.54) is 0 Å². The average Bonchev–Trinajstić information content (AvgIpc) is 2.89. The van der Waals surface area contributed by atoms with Crippen LogP contribution in [0.5, 0.6) is 0 Å². The van der Waals surface area contributed by atoms with Crippen LogP contribution in [0.15, 0.2) is 5.38 Å². The Balaban J connectivity index is 2.06. The highest BCUT2D eigenvalue weighted by Crippen LogP contribution is 2.27. The van der Waals surface area contributed by atoms with Gasteiger partial charge in [-0.1, -0.05) is 13.3 Å². The number of aromatic nitrogens is 1. The molecule has 0 bridgehead atoms. The molecule has 1 aromatic heterocycles. The summed E-state index contributed by atoms with van der Waals surface area (Å²) < 4.78 is 0. The predicted molar refractivity (Wildman–Crippen MR) is 70.4 cm³/mol. The Morgan fingerprint density at radius 3 is 3.00 bits per heavy atom. The third kappa shape index (κ3) is 2.75. The molecule has 0 aromatic carbocycles. The Hall–Kier alpha value is -0.740. The molecule has 0 amide bonds. The minimum absolute atomic E-state index is 0.256. The van der Waals surface area contributed by atoms with E-state index in [-0.39, 0.29) is 5.54 Å². The summed E-state index contributed by atoms with van der Waals surface area (Å²) in [6.07, 6.45) is 4.60. The van der Waals surface area contributed by atoms with Crippen molar-refractivity contribution in [3.8, 4) is 0 Å². The molecule has 0 aliphatic carbocycles. The van der Waals surface area contributed by atoms with Crippen molar-refractivity contribution in [1.29, 1.82) is 0 Å². The summed E-state index contributed by atoms with van der Waals surface area (Å²) in [6.45, 7) is 5.09. The van der Waals surface area contributed by atoms with Crippen LogP contribution >= 0.6 is 11.3 Å². The lowest BCUT2D eigenvalue weighted by Gasteiger charge is -2.27. The molecule has 17 heavy (non-hydrogen) atoms. The first-order valence-corrected chi connectivity index (χ1v) is 7.23. The van der Waals surface area contributed by atoms with Gasteiger partial charge in [-0.2, -0.15) is 0 Å². The summed E-state index contributed by atoms with van der Waals surface area (Å²) in [4.78, 5) is 16.8. The number of nitrogens with one attached hydrogen (secondary N) is 1. The molecule has 0 spiro atoms. The second-order valence-corrected chi connectivity index (χ2v) is 5.79. The standard InChI is InChI=1S/C13H20N2OS/c1-3-5-13(6-4-7-14-13)11(16)8-12-15-10(2)9-17-12/h9,14H,3-8H2,1-2H3. The Morgan fingerprint density at radius 2 is 2.47 bits per heavy atom. The van der Waals surface area contributed by atoms with Gasteiger partial charge in [0.2, 0.25) is 0 Å². The molecule has 0 radical (unpaired) electrons. The Morgan fingerprint density at radius 1 is 1.65 bits per heavy atom. The summed E-state index contributed by atoms with van der Waals surface area (Å²) in [5.74, 6) is 0.325. The Kier molecular flexibility index (Phi) is 3.94. The molecule has 1 aliphatic heterocycles. The number of hydrogen-bond acceptors (Lipinski definition) is 4. The summed E-state index contributed by atoms with van der Waals surface area (Å²) in [7, 11) is 0. The number of rotatable bonds is 5. The molecule has 4 heteroatoms. The van der Waals surface area contributed by atoms with Crippen molar-refractivity contribution in [3.05, 3.63) is 16.1 Å². The number of nitrogens with zero attached hydrogens (tertiary/aromatic N) is 1. The van der Waals surface area contributed by atoms with Crippen molar-refractivity contribution < 1.29 is 4.79 Å². The van der Waals surface area contributed by atoms with Crippen LogP contribution in [0, 0.1) is 6.92 Å². The fourth-order valence-electron chi connectivity index (χ4n) is 2.61. The Bertz CT molecular complexity index is 394. The molecule has 2 rings (SSSR count). The minimum atomic E-state index is -0.256. The molecule has 1 saturated heterocycles. The number of carbonyl (C=O) groups is 1. The number of ketones is 1. The molecule has 3 nitrogen and oxygen atoms in total. The number of Topliss-reactive ketones (excluding diaryl/α,β-unsaturated/α-hetero) is 1. The SMILES string of the molecule is CCCC1(C(=O)Cc2nc(C)cs2)CCCN1. The molecule has 1 fully saturated rings. The van der Waals surface area contributed by atoms with E-state index >= 15 is 0 Å². The summed E-state index contributed by atoms with van der Waals surface area (Å²) in [6, 6.07) is 0. The topological polar surface area (TPSA) is 42.0 Å².